The van der Waals surface area contributed by atoms with Crippen LogP contribution in [-0.2, 0) is 10.8 Å². The van der Waals surface area contributed by atoms with Crippen molar-refractivity contribution in [2.45, 2.75) is 56.8 Å². The molecule has 6 aliphatic carbocycles. The Balaban J connectivity index is 0.972. The van der Waals surface area contributed by atoms with Crippen molar-refractivity contribution in [3.8, 4) is 44.5 Å². The molecule has 308 valence electrons. The molecular weight excluding hydrogens is 771 g/mol. The van der Waals surface area contributed by atoms with Crippen LogP contribution in [0.4, 0.5) is 17.1 Å². The zero-order valence-corrected chi connectivity index (χ0v) is 36.7. The van der Waals surface area contributed by atoms with E-state index in [0.29, 0.717) is 11.8 Å². The minimum absolute atomic E-state index is 0.0825. The second-order valence-electron chi connectivity index (χ2n) is 20.4. The van der Waals surface area contributed by atoms with Gasteiger partial charge in [0.05, 0.1) is 5.69 Å². The van der Waals surface area contributed by atoms with E-state index >= 15 is 0 Å². The lowest BCUT2D eigenvalue weighted by Gasteiger charge is -2.61. The van der Waals surface area contributed by atoms with E-state index in [0.717, 1.165) is 11.8 Å². The van der Waals surface area contributed by atoms with Gasteiger partial charge in [-0.2, -0.15) is 0 Å². The zero-order valence-electron chi connectivity index (χ0n) is 36.7. The topological polar surface area (TPSA) is 3.24 Å². The van der Waals surface area contributed by atoms with E-state index in [-0.39, 0.29) is 10.8 Å². The zero-order chi connectivity index (χ0) is 42.3. The minimum atomic E-state index is -0.0914. The lowest BCUT2D eigenvalue weighted by molar-refractivity contribution is -0.0399. The maximum absolute atomic E-state index is 2.66. The third-order valence-corrected chi connectivity index (χ3v) is 17.0. The van der Waals surface area contributed by atoms with Crippen molar-refractivity contribution >= 4 is 38.6 Å². The van der Waals surface area contributed by atoms with E-state index in [2.05, 4.69) is 207 Å². The van der Waals surface area contributed by atoms with Crippen molar-refractivity contribution in [2.75, 3.05) is 4.90 Å². The lowest BCUT2D eigenvalue weighted by atomic mass is 9.43. The number of rotatable bonds is 5. The number of anilines is 3. The molecule has 0 unspecified atom stereocenters. The maximum Gasteiger partial charge on any atom is 0.0540 e. The van der Waals surface area contributed by atoms with Gasteiger partial charge in [0.2, 0.25) is 0 Å². The summed E-state index contributed by atoms with van der Waals surface area (Å²) in [4.78, 5) is 2.58. The Hall–Kier alpha value is -6.70. The normalized spacial score (nSPS) is 22.7. The standard InChI is InChI=1S/C63H51N/c1-62(2)57-22-8-5-16-53(57)56-21-11-18-48(61(56)62)42-25-28-45(29-26-42)64(60-24-10-7-17-55(60)50-20-12-19-49-47-14-4-3-13-41(47)27-31-51(49)50)46-30-32-54-52-15-6-9-23-58(52)63(59(54)38-46)43-34-39-33-40(36-43)37-44(63)35-39/h3-32,38-40,43-44H,33-37H2,1-2H3. The lowest BCUT2D eigenvalue weighted by Crippen LogP contribution is -2.55. The molecule has 6 aliphatic rings. The summed E-state index contributed by atoms with van der Waals surface area (Å²) in [5.41, 5.74) is 20.3. The molecule has 1 spiro atoms. The van der Waals surface area contributed by atoms with Crippen LogP contribution in [-0.4, -0.2) is 0 Å². The number of hydrogen-bond acceptors (Lipinski definition) is 1. The van der Waals surface area contributed by atoms with E-state index in [1.807, 2.05) is 0 Å². The molecule has 4 saturated carbocycles. The summed E-state index contributed by atoms with van der Waals surface area (Å²) in [6.07, 6.45) is 6.96. The Labute approximate surface area is 377 Å². The summed E-state index contributed by atoms with van der Waals surface area (Å²) in [6.45, 7) is 4.79. The predicted molar refractivity (Wildman–Crippen MR) is 268 cm³/mol. The van der Waals surface area contributed by atoms with Crippen molar-refractivity contribution in [2.24, 2.45) is 23.7 Å². The maximum atomic E-state index is 2.66. The molecule has 9 aromatic carbocycles. The Morgan fingerprint density at radius 1 is 0.391 bits per heavy atom. The molecule has 9 aromatic rings. The van der Waals surface area contributed by atoms with Crippen LogP contribution in [0.2, 0.25) is 0 Å². The van der Waals surface area contributed by atoms with Gasteiger partial charge in [0.1, 0.15) is 0 Å². The highest BCUT2D eigenvalue weighted by atomic mass is 15.1. The molecule has 4 fully saturated rings. The van der Waals surface area contributed by atoms with Gasteiger partial charge in [-0.25, -0.2) is 0 Å². The van der Waals surface area contributed by atoms with E-state index < -0.39 is 0 Å². The minimum Gasteiger partial charge on any atom is -0.310 e. The monoisotopic (exact) mass is 821 g/mol. The largest absolute Gasteiger partial charge is 0.310 e. The molecule has 15 rings (SSSR count). The first-order chi connectivity index (χ1) is 31.5. The second kappa shape index (κ2) is 13.4. The highest BCUT2D eigenvalue weighted by molar-refractivity contribution is 6.13. The predicted octanol–water partition coefficient (Wildman–Crippen LogP) is 16.8. The van der Waals surface area contributed by atoms with Crippen molar-refractivity contribution in [1.82, 2.24) is 0 Å². The highest BCUT2D eigenvalue weighted by Crippen LogP contribution is 2.69. The van der Waals surface area contributed by atoms with Gasteiger partial charge in [0.15, 0.2) is 0 Å². The molecular formula is C63H51N. The second-order valence-corrected chi connectivity index (χ2v) is 20.4. The SMILES string of the molecule is CC1(C)c2ccccc2-c2cccc(-c3ccc(N(c4ccc5c(c4)C4(c6ccccc6-5)C5CC6CC(C5)CC4C6)c4ccccc4-c4cccc5c4ccc4ccccc45)cc3)c21. The Bertz CT molecular complexity index is 3360. The van der Waals surface area contributed by atoms with Gasteiger partial charge >= 0.3 is 0 Å². The summed E-state index contributed by atoms with van der Waals surface area (Å²) in [6, 6.07) is 72.0. The number of para-hydroxylation sites is 1. The van der Waals surface area contributed by atoms with Crippen molar-refractivity contribution in [1.29, 1.82) is 0 Å². The van der Waals surface area contributed by atoms with Crippen molar-refractivity contribution < 1.29 is 0 Å². The van der Waals surface area contributed by atoms with Gasteiger partial charge in [-0.15, -0.1) is 0 Å². The molecule has 1 heteroatoms. The fraction of sp³-hybridized carbons (Fsp3) is 0.206. The third kappa shape index (κ3) is 4.96. The first kappa shape index (κ1) is 36.8. The van der Waals surface area contributed by atoms with Gasteiger partial charge in [-0.05, 0) is 169 Å². The highest BCUT2D eigenvalue weighted by Gasteiger charge is 2.61. The van der Waals surface area contributed by atoms with Crippen LogP contribution in [0.15, 0.2) is 188 Å². The molecule has 4 bridgehead atoms. The summed E-state index contributed by atoms with van der Waals surface area (Å²) in [5.74, 6) is 3.21. The summed E-state index contributed by atoms with van der Waals surface area (Å²) < 4.78 is 0. The third-order valence-electron chi connectivity index (χ3n) is 17.0. The molecule has 0 amide bonds. The summed E-state index contributed by atoms with van der Waals surface area (Å²) in [5, 5.41) is 5.14. The quantitative estimate of drug-likeness (QED) is 0.156. The average Bonchev–Trinajstić information content (AvgIpc) is 3.76. The van der Waals surface area contributed by atoms with Crippen molar-refractivity contribution in [3.63, 3.8) is 0 Å². The van der Waals surface area contributed by atoms with Crippen LogP contribution in [0.3, 0.4) is 0 Å². The molecule has 0 aromatic heterocycles. The average molecular weight is 822 g/mol. The number of benzene rings is 9. The molecule has 0 atom stereocenters. The summed E-state index contributed by atoms with van der Waals surface area (Å²) >= 11 is 0. The molecule has 0 aliphatic heterocycles. The molecule has 0 heterocycles. The van der Waals surface area contributed by atoms with Crippen LogP contribution >= 0.6 is 0 Å². The van der Waals surface area contributed by atoms with Gasteiger partial charge in [-0.3, -0.25) is 0 Å². The Kier molecular flexibility index (Phi) is 7.70. The molecule has 1 nitrogen and oxygen atoms in total. The molecule has 0 radical (unpaired) electrons. The van der Waals surface area contributed by atoms with Crippen LogP contribution in [0.25, 0.3) is 66.1 Å². The van der Waals surface area contributed by atoms with Crippen LogP contribution in [0.1, 0.15) is 68.2 Å². The van der Waals surface area contributed by atoms with Crippen molar-refractivity contribution in [3.05, 3.63) is 210 Å². The number of nitrogens with zero attached hydrogens (tertiary/aromatic N) is 1. The van der Waals surface area contributed by atoms with Gasteiger partial charge in [-0.1, -0.05) is 172 Å². The fourth-order valence-electron chi connectivity index (χ4n) is 14.8. The smallest absolute Gasteiger partial charge is 0.0540 e. The number of fused-ring (bicyclic) bond motifs is 9. The first-order valence-electron chi connectivity index (χ1n) is 23.8. The summed E-state index contributed by atoms with van der Waals surface area (Å²) in [7, 11) is 0. The van der Waals surface area contributed by atoms with Gasteiger partial charge in [0, 0.05) is 27.8 Å². The Morgan fingerprint density at radius 3 is 1.77 bits per heavy atom. The van der Waals surface area contributed by atoms with E-state index in [4.69, 9.17) is 0 Å². The molecule has 0 saturated heterocycles. The van der Waals surface area contributed by atoms with Crippen LogP contribution in [0, 0.1) is 23.7 Å². The number of hydrogen-bond donors (Lipinski definition) is 0. The van der Waals surface area contributed by atoms with E-state index in [1.165, 1.54) is 126 Å². The van der Waals surface area contributed by atoms with Crippen LogP contribution in [0.5, 0.6) is 0 Å². The van der Waals surface area contributed by atoms with Crippen LogP contribution < -0.4 is 4.90 Å². The fourth-order valence-corrected chi connectivity index (χ4v) is 14.8. The molecule has 64 heavy (non-hydrogen) atoms. The van der Waals surface area contributed by atoms with E-state index in [9.17, 15) is 0 Å². The van der Waals surface area contributed by atoms with Gasteiger partial charge in [0.25, 0.3) is 0 Å². The van der Waals surface area contributed by atoms with E-state index in [1.54, 1.807) is 11.1 Å². The first-order valence-corrected chi connectivity index (χ1v) is 23.8. The van der Waals surface area contributed by atoms with Gasteiger partial charge < -0.3 is 4.90 Å². The molecule has 0 N–H and O–H groups in total. The Morgan fingerprint density at radius 2 is 0.969 bits per heavy atom.